The molecule has 78 valence electrons. The number of hydrogen-bond acceptors (Lipinski definition) is 2. The molecule has 0 saturated carbocycles. The van der Waals surface area contributed by atoms with Gasteiger partial charge >= 0.3 is 0 Å². The van der Waals surface area contributed by atoms with Crippen LogP contribution in [0.2, 0.25) is 0 Å². The number of hydrogen-bond donors (Lipinski definition) is 2. The van der Waals surface area contributed by atoms with Crippen LogP contribution in [0.5, 0.6) is 0 Å². The predicted molar refractivity (Wildman–Crippen MR) is 49.7 cm³/mol. The fraction of sp³-hybridized carbons (Fsp3) is 0.400. The molecule has 14 heavy (non-hydrogen) atoms. The molecule has 0 fully saturated rings. The topological polar surface area (TPSA) is 46.2 Å². The van der Waals surface area contributed by atoms with Crippen molar-refractivity contribution in [2.45, 2.75) is 6.42 Å². The molecule has 2 nitrogen and oxygen atoms in total. The second kappa shape index (κ2) is 5.02. The Kier molecular flexibility index (Phi) is 3.98. The number of nitrogens with two attached hydrogens (primary N) is 1. The first-order chi connectivity index (χ1) is 6.67. The summed E-state index contributed by atoms with van der Waals surface area (Å²) in [5.74, 6) is -1.15. The summed E-state index contributed by atoms with van der Waals surface area (Å²) >= 11 is 0. The Labute approximate surface area is 81.4 Å². The Morgan fingerprint density at radius 1 is 1.36 bits per heavy atom. The first-order valence-electron chi connectivity index (χ1n) is 4.42. The summed E-state index contributed by atoms with van der Waals surface area (Å²) < 4.78 is 25.9. The maximum Gasteiger partial charge on any atom is 0.126 e. The van der Waals surface area contributed by atoms with Crippen LogP contribution in [0, 0.1) is 17.6 Å². The molecule has 0 bridgehead atoms. The van der Waals surface area contributed by atoms with Crippen molar-refractivity contribution in [1.29, 1.82) is 0 Å². The van der Waals surface area contributed by atoms with Crippen molar-refractivity contribution in [3.8, 4) is 0 Å². The largest absolute Gasteiger partial charge is 0.396 e. The average molecular weight is 201 g/mol. The smallest absolute Gasteiger partial charge is 0.126 e. The molecule has 3 N–H and O–H groups in total. The Balaban J connectivity index is 2.79. The Hall–Kier alpha value is -1.00. The number of aliphatic hydroxyl groups is 1. The fourth-order valence-corrected chi connectivity index (χ4v) is 1.23. The zero-order chi connectivity index (χ0) is 10.6. The van der Waals surface area contributed by atoms with Crippen LogP contribution in [0.15, 0.2) is 18.2 Å². The first kappa shape index (κ1) is 11.1. The zero-order valence-corrected chi connectivity index (χ0v) is 7.71. The molecule has 1 aromatic carbocycles. The monoisotopic (exact) mass is 201 g/mol. The van der Waals surface area contributed by atoms with Gasteiger partial charge in [0.1, 0.15) is 11.6 Å². The summed E-state index contributed by atoms with van der Waals surface area (Å²) in [5, 5.41) is 8.85. The van der Waals surface area contributed by atoms with Crippen molar-refractivity contribution in [1.82, 2.24) is 0 Å². The highest BCUT2D eigenvalue weighted by molar-refractivity contribution is 5.19. The Bertz CT molecular complexity index is 300. The van der Waals surface area contributed by atoms with Gasteiger partial charge in [0, 0.05) is 6.61 Å². The molecule has 0 aliphatic heterocycles. The van der Waals surface area contributed by atoms with Crippen molar-refractivity contribution in [3.05, 3.63) is 35.4 Å². The summed E-state index contributed by atoms with van der Waals surface area (Å²) in [6, 6.07) is 3.28. The van der Waals surface area contributed by atoms with Crippen LogP contribution in [0.25, 0.3) is 0 Å². The molecule has 0 unspecified atom stereocenters. The minimum Gasteiger partial charge on any atom is -0.396 e. The van der Waals surface area contributed by atoms with Gasteiger partial charge in [-0.1, -0.05) is 0 Å². The third-order valence-electron chi connectivity index (χ3n) is 2.11. The van der Waals surface area contributed by atoms with Gasteiger partial charge in [0.05, 0.1) is 0 Å². The third kappa shape index (κ3) is 2.75. The molecule has 0 radical (unpaired) electrons. The molecule has 0 saturated heterocycles. The highest BCUT2D eigenvalue weighted by Gasteiger charge is 2.10. The lowest BCUT2D eigenvalue weighted by atomic mass is 10.00. The molecule has 0 aliphatic carbocycles. The van der Waals surface area contributed by atoms with E-state index < -0.39 is 11.6 Å². The fourth-order valence-electron chi connectivity index (χ4n) is 1.23. The van der Waals surface area contributed by atoms with Gasteiger partial charge in [0.2, 0.25) is 0 Å². The normalized spacial score (nSPS) is 12.9. The lowest BCUT2D eigenvalue weighted by Gasteiger charge is -2.11. The minimum absolute atomic E-state index is 0.119. The molecular formula is C10H13F2NO. The van der Waals surface area contributed by atoms with E-state index in [0.29, 0.717) is 0 Å². The van der Waals surface area contributed by atoms with E-state index >= 15 is 0 Å². The van der Waals surface area contributed by atoms with Crippen molar-refractivity contribution < 1.29 is 13.9 Å². The van der Waals surface area contributed by atoms with E-state index in [2.05, 4.69) is 0 Å². The van der Waals surface area contributed by atoms with Gasteiger partial charge in [-0.3, -0.25) is 0 Å². The molecule has 0 heterocycles. The van der Waals surface area contributed by atoms with Gasteiger partial charge in [-0.25, -0.2) is 8.78 Å². The summed E-state index contributed by atoms with van der Waals surface area (Å²) in [6.07, 6.45) is 0.261. The number of aliphatic hydroxyl groups excluding tert-OH is 1. The van der Waals surface area contributed by atoms with Crippen LogP contribution in [-0.2, 0) is 6.42 Å². The zero-order valence-electron chi connectivity index (χ0n) is 7.71. The van der Waals surface area contributed by atoms with Gasteiger partial charge in [0.15, 0.2) is 0 Å². The molecule has 1 rings (SSSR count). The van der Waals surface area contributed by atoms with Crippen molar-refractivity contribution in [2.75, 3.05) is 13.2 Å². The van der Waals surface area contributed by atoms with Crippen LogP contribution in [-0.4, -0.2) is 18.3 Å². The Morgan fingerprint density at radius 2 is 2.07 bits per heavy atom. The number of rotatable bonds is 4. The van der Waals surface area contributed by atoms with Crippen LogP contribution in [0.3, 0.4) is 0 Å². The molecule has 1 aromatic rings. The van der Waals surface area contributed by atoms with E-state index in [1.807, 2.05) is 0 Å². The van der Waals surface area contributed by atoms with Gasteiger partial charge in [-0.2, -0.15) is 0 Å². The molecule has 4 heteroatoms. The third-order valence-corrected chi connectivity index (χ3v) is 2.11. The standard InChI is InChI=1S/C10H13F2NO/c11-9-1-2-10(12)8(4-9)3-7(5-13)6-14/h1-2,4,7,14H,3,5-6,13H2/t7-/m1/s1. The molecule has 1 atom stereocenters. The quantitative estimate of drug-likeness (QED) is 0.765. The Morgan fingerprint density at radius 3 is 2.64 bits per heavy atom. The van der Waals surface area contributed by atoms with Gasteiger partial charge < -0.3 is 10.8 Å². The lowest BCUT2D eigenvalue weighted by Crippen LogP contribution is -2.20. The van der Waals surface area contributed by atoms with Gasteiger partial charge in [0.25, 0.3) is 0 Å². The van der Waals surface area contributed by atoms with Crippen molar-refractivity contribution in [2.24, 2.45) is 11.7 Å². The van der Waals surface area contributed by atoms with E-state index in [1.54, 1.807) is 0 Å². The van der Waals surface area contributed by atoms with E-state index in [-0.39, 0.29) is 31.1 Å². The summed E-state index contributed by atoms with van der Waals surface area (Å²) in [7, 11) is 0. The van der Waals surface area contributed by atoms with Gasteiger partial charge in [-0.05, 0) is 42.6 Å². The van der Waals surface area contributed by atoms with E-state index in [0.717, 1.165) is 18.2 Å². The number of halogens is 2. The summed E-state index contributed by atoms with van der Waals surface area (Å²) in [4.78, 5) is 0. The first-order valence-corrected chi connectivity index (χ1v) is 4.42. The van der Waals surface area contributed by atoms with Crippen molar-refractivity contribution >= 4 is 0 Å². The van der Waals surface area contributed by atoms with E-state index in [1.165, 1.54) is 0 Å². The van der Waals surface area contributed by atoms with Crippen LogP contribution < -0.4 is 5.73 Å². The average Bonchev–Trinajstić information content (AvgIpc) is 2.19. The number of benzene rings is 1. The lowest BCUT2D eigenvalue weighted by molar-refractivity contribution is 0.229. The molecular weight excluding hydrogens is 188 g/mol. The molecule has 0 spiro atoms. The second-order valence-electron chi connectivity index (χ2n) is 3.22. The SMILES string of the molecule is NC[C@H](CO)Cc1cc(F)ccc1F. The predicted octanol–water partition coefficient (Wildman–Crippen LogP) is 1.07. The molecule has 0 aromatic heterocycles. The van der Waals surface area contributed by atoms with E-state index in [9.17, 15) is 8.78 Å². The summed E-state index contributed by atoms with van der Waals surface area (Å²) in [6.45, 7) is 0.138. The van der Waals surface area contributed by atoms with Gasteiger partial charge in [-0.15, -0.1) is 0 Å². The van der Waals surface area contributed by atoms with E-state index in [4.69, 9.17) is 10.8 Å². The van der Waals surface area contributed by atoms with Crippen molar-refractivity contribution in [3.63, 3.8) is 0 Å². The van der Waals surface area contributed by atoms with Crippen LogP contribution >= 0.6 is 0 Å². The second-order valence-corrected chi connectivity index (χ2v) is 3.22. The highest BCUT2D eigenvalue weighted by Crippen LogP contribution is 2.13. The molecule has 0 aliphatic rings. The highest BCUT2D eigenvalue weighted by atomic mass is 19.1. The summed E-state index contributed by atoms with van der Waals surface area (Å²) in [5.41, 5.74) is 5.60. The van der Waals surface area contributed by atoms with Crippen LogP contribution in [0.1, 0.15) is 5.56 Å². The maximum absolute atomic E-state index is 13.1. The van der Waals surface area contributed by atoms with Crippen LogP contribution in [0.4, 0.5) is 8.78 Å². The molecule has 0 amide bonds. The minimum atomic E-state index is -0.477. The maximum atomic E-state index is 13.1.